The number of benzene rings is 1. The molecule has 1 aliphatic rings. The molecule has 0 unspecified atom stereocenters. The first kappa shape index (κ1) is 20.0. The van der Waals surface area contributed by atoms with Crippen molar-refractivity contribution in [2.45, 2.75) is 45.7 Å². The zero-order chi connectivity index (χ0) is 21.1. The molecule has 0 radical (unpaired) electrons. The minimum Gasteiger partial charge on any atom is -0.359 e. The Morgan fingerprint density at radius 1 is 1.17 bits per heavy atom. The normalized spacial score (nSPS) is 15.2. The molecular formula is C22H26N6O2. The monoisotopic (exact) mass is 406 g/mol. The first-order valence-electron chi connectivity index (χ1n) is 10.4. The third-order valence-electron chi connectivity index (χ3n) is 5.37. The van der Waals surface area contributed by atoms with Crippen LogP contribution in [0.1, 0.15) is 37.7 Å². The van der Waals surface area contributed by atoms with Gasteiger partial charge in [0, 0.05) is 24.5 Å². The van der Waals surface area contributed by atoms with Crippen LogP contribution >= 0.6 is 0 Å². The Hall–Kier alpha value is -3.29. The number of hydrogen-bond donors (Lipinski definition) is 1. The first-order valence-corrected chi connectivity index (χ1v) is 10.4. The maximum atomic E-state index is 12.7. The number of rotatable bonds is 5. The highest BCUT2D eigenvalue weighted by Crippen LogP contribution is 2.14. The van der Waals surface area contributed by atoms with E-state index in [2.05, 4.69) is 20.4 Å². The van der Waals surface area contributed by atoms with Crippen LogP contribution < -0.4 is 10.9 Å². The van der Waals surface area contributed by atoms with Gasteiger partial charge >= 0.3 is 0 Å². The zero-order valence-corrected chi connectivity index (χ0v) is 17.3. The van der Waals surface area contributed by atoms with E-state index in [0.29, 0.717) is 22.7 Å². The smallest absolute Gasteiger partial charge is 0.274 e. The molecule has 1 aromatic carbocycles. The number of amides is 1. The Morgan fingerprint density at radius 3 is 2.73 bits per heavy atom. The number of fused-ring (bicyclic) bond motifs is 1. The van der Waals surface area contributed by atoms with Gasteiger partial charge in [-0.25, -0.2) is 14.6 Å². The molecule has 8 heteroatoms. The van der Waals surface area contributed by atoms with E-state index >= 15 is 0 Å². The minimum absolute atomic E-state index is 0.0833. The molecule has 0 aliphatic carbocycles. The summed E-state index contributed by atoms with van der Waals surface area (Å²) in [6.07, 6.45) is 4.98. The number of aryl methyl sites for hydroxylation is 1. The summed E-state index contributed by atoms with van der Waals surface area (Å²) in [4.78, 5) is 36.2. The van der Waals surface area contributed by atoms with Gasteiger partial charge in [-0.3, -0.25) is 9.59 Å². The van der Waals surface area contributed by atoms with Crippen molar-refractivity contribution in [1.29, 1.82) is 0 Å². The molecular weight excluding hydrogens is 380 g/mol. The molecule has 8 nitrogen and oxygen atoms in total. The Kier molecular flexibility index (Phi) is 5.74. The summed E-state index contributed by atoms with van der Waals surface area (Å²) in [5, 5.41) is 8.91. The molecule has 0 bridgehead atoms. The van der Waals surface area contributed by atoms with Gasteiger partial charge in [-0.15, -0.1) is 0 Å². The molecule has 1 N–H and O–H groups in total. The fourth-order valence-corrected chi connectivity index (χ4v) is 3.85. The SMILES string of the molecule is Cc1nc(Cn2ncc3ccccc3c2=O)cc(N[C@@H](C)C(=O)N2CCCCC2)n1. The maximum absolute atomic E-state index is 12.7. The summed E-state index contributed by atoms with van der Waals surface area (Å²) in [7, 11) is 0. The highest BCUT2D eigenvalue weighted by Gasteiger charge is 2.22. The van der Waals surface area contributed by atoms with Crippen LogP contribution in [-0.4, -0.2) is 49.7 Å². The number of aromatic nitrogens is 4. The van der Waals surface area contributed by atoms with E-state index < -0.39 is 0 Å². The standard InChI is InChI=1S/C22H26N6O2/c1-15(21(29)27-10-6-3-7-11-27)24-20-12-18(25-16(2)26-20)14-28-22(30)19-9-5-4-8-17(19)13-23-28/h4-5,8-9,12-13,15H,3,6-7,10-11,14H2,1-2H3,(H,24,25,26)/t15-/m0/s1. The Morgan fingerprint density at radius 2 is 1.93 bits per heavy atom. The quantitative estimate of drug-likeness (QED) is 0.699. The van der Waals surface area contributed by atoms with Crippen LogP contribution in [0.3, 0.4) is 0 Å². The van der Waals surface area contributed by atoms with Gasteiger partial charge in [-0.05, 0) is 39.2 Å². The van der Waals surface area contributed by atoms with Gasteiger partial charge in [0.05, 0.1) is 23.8 Å². The molecule has 1 aliphatic heterocycles. The first-order chi connectivity index (χ1) is 14.5. The Bertz CT molecular complexity index is 1120. The van der Waals surface area contributed by atoms with E-state index in [1.54, 1.807) is 25.3 Å². The molecule has 1 saturated heterocycles. The number of nitrogens with one attached hydrogen (secondary N) is 1. The van der Waals surface area contributed by atoms with Gasteiger partial charge in [0.25, 0.3) is 5.56 Å². The second-order valence-electron chi connectivity index (χ2n) is 7.74. The van der Waals surface area contributed by atoms with Crippen LogP contribution in [0.4, 0.5) is 5.82 Å². The van der Waals surface area contributed by atoms with Gasteiger partial charge in [-0.2, -0.15) is 5.10 Å². The second-order valence-corrected chi connectivity index (χ2v) is 7.74. The van der Waals surface area contributed by atoms with E-state index in [1.165, 1.54) is 11.1 Å². The van der Waals surface area contributed by atoms with E-state index in [0.717, 1.165) is 31.3 Å². The summed E-state index contributed by atoms with van der Waals surface area (Å²) >= 11 is 0. The summed E-state index contributed by atoms with van der Waals surface area (Å²) in [5.74, 6) is 1.23. The van der Waals surface area contributed by atoms with Crippen LogP contribution in [0, 0.1) is 6.92 Å². The molecule has 0 spiro atoms. The molecule has 156 valence electrons. The molecule has 1 atom stereocenters. The third kappa shape index (κ3) is 4.32. The van der Waals surface area contributed by atoms with E-state index in [-0.39, 0.29) is 24.1 Å². The van der Waals surface area contributed by atoms with Crippen molar-refractivity contribution >= 4 is 22.5 Å². The van der Waals surface area contributed by atoms with Gasteiger partial charge in [-0.1, -0.05) is 18.2 Å². The molecule has 3 aromatic rings. The van der Waals surface area contributed by atoms with E-state index in [4.69, 9.17) is 0 Å². The minimum atomic E-state index is -0.383. The lowest BCUT2D eigenvalue weighted by Crippen LogP contribution is -2.44. The van der Waals surface area contributed by atoms with Crippen molar-refractivity contribution in [1.82, 2.24) is 24.6 Å². The summed E-state index contributed by atoms with van der Waals surface area (Å²) in [5.41, 5.74) is 0.500. The number of carbonyl (C=O) groups is 1. The topological polar surface area (TPSA) is 93.0 Å². The molecule has 0 saturated carbocycles. The van der Waals surface area contributed by atoms with Crippen molar-refractivity contribution < 1.29 is 4.79 Å². The largest absolute Gasteiger partial charge is 0.359 e. The van der Waals surface area contributed by atoms with Crippen LogP contribution in [0.5, 0.6) is 0 Å². The average Bonchev–Trinajstić information content (AvgIpc) is 2.75. The molecule has 1 fully saturated rings. The number of carbonyl (C=O) groups excluding carboxylic acids is 1. The van der Waals surface area contributed by atoms with Gasteiger partial charge in [0.2, 0.25) is 5.91 Å². The van der Waals surface area contributed by atoms with Crippen molar-refractivity contribution in [3.63, 3.8) is 0 Å². The molecule has 30 heavy (non-hydrogen) atoms. The number of anilines is 1. The Balaban J connectivity index is 1.53. The predicted molar refractivity (Wildman–Crippen MR) is 115 cm³/mol. The van der Waals surface area contributed by atoms with E-state index in [9.17, 15) is 9.59 Å². The highest BCUT2D eigenvalue weighted by molar-refractivity contribution is 5.84. The molecule has 1 amide bonds. The van der Waals surface area contributed by atoms with Crippen molar-refractivity contribution in [2.75, 3.05) is 18.4 Å². The van der Waals surface area contributed by atoms with Crippen molar-refractivity contribution in [3.8, 4) is 0 Å². The van der Waals surface area contributed by atoms with Crippen LogP contribution in [-0.2, 0) is 11.3 Å². The zero-order valence-electron chi connectivity index (χ0n) is 17.3. The van der Waals surface area contributed by atoms with Gasteiger partial charge in [0.15, 0.2) is 0 Å². The van der Waals surface area contributed by atoms with Crippen LogP contribution in [0.15, 0.2) is 41.3 Å². The fraction of sp³-hybridized carbons (Fsp3) is 0.409. The molecule has 3 heterocycles. The van der Waals surface area contributed by atoms with Crippen molar-refractivity contribution in [3.05, 3.63) is 58.4 Å². The van der Waals surface area contributed by atoms with Crippen molar-refractivity contribution in [2.24, 2.45) is 0 Å². The lowest BCUT2D eigenvalue weighted by Gasteiger charge is -2.29. The van der Waals surface area contributed by atoms with E-state index in [1.807, 2.05) is 30.0 Å². The summed E-state index contributed by atoms with van der Waals surface area (Å²) in [6, 6.07) is 8.77. The van der Waals surface area contributed by atoms with Crippen LogP contribution in [0.25, 0.3) is 10.8 Å². The predicted octanol–water partition coefficient (Wildman–Crippen LogP) is 2.36. The summed E-state index contributed by atoms with van der Waals surface area (Å²) < 4.78 is 1.40. The van der Waals surface area contributed by atoms with Gasteiger partial charge in [0.1, 0.15) is 17.7 Å². The fourth-order valence-electron chi connectivity index (χ4n) is 3.85. The summed E-state index contributed by atoms with van der Waals surface area (Å²) in [6.45, 7) is 5.51. The third-order valence-corrected chi connectivity index (χ3v) is 5.37. The lowest BCUT2D eigenvalue weighted by molar-refractivity contribution is -0.132. The number of likely N-dealkylation sites (tertiary alicyclic amines) is 1. The van der Waals surface area contributed by atoms with Crippen LogP contribution in [0.2, 0.25) is 0 Å². The maximum Gasteiger partial charge on any atom is 0.274 e. The average molecular weight is 406 g/mol. The number of nitrogens with zero attached hydrogens (tertiary/aromatic N) is 5. The molecule has 2 aromatic heterocycles. The second kappa shape index (κ2) is 8.61. The Labute approximate surface area is 175 Å². The molecule has 4 rings (SSSR count). The number of hydrogen-bond acceptors (Lipinski definition) is 6. The lowest BCUT2D eigenvalue weighted by atomic mass is 10.1. The highest BCUT2D eigenvalue weighted by atomic mass is 16.2. The number of piperidine rings is 1. The van der Waals surface area contributed by atoms with Gasteiger partial charge < -0.3 is 10.2 Å².